The molecule has 1 amide bonds. The van der Waals surface area contributed by atoms with Crippen molar-refractivity contribution in [1.82, 2.24) is 0 Å². The summed E-state index contributed by atoms with van der Waals surface area (Å²) in [6, 6.07) is 11.0. The highest BCUT2D eigenvalue weighted by Gasteiger charge is 2.15. The maximum Gasteiger partial charge on any atom is 0.279 e. The molecule has 0 fully saturated rings. The quantitative estimate of drug-likeness (QED) is 0.788. The topological polar surface area (TPSA) is 45.7 Å². The molecule has 3 N–H and O–H groups in total. The fourth-order valence-electron chi connectivity index (χ4n) is 2.29. The first kappa shape index (κ1) is 17.6. The number of carbonyl (C=O) groups excluding carboxylic acids is 1. The molecule has 2 aromatic rings. The summed E-state index contributed by atoms with van der Waals surface area (Å²) < 4.78 is 27.6. The van der Waals surface area contributed by atoms with E-state index in [1.165, 1.54) is 0 Å². The first-order valence-electron chi connectivity index (χ1n) is 7.33. The number of halogens is 3. The Morgan fingerprint density at radius 1 is 1.22 bits per heavy atom. The van der Waals surface area contributed by atoms with E-state index >= 15 is 0 Å². The first-order chi connectivity index (χ1) is 11.0. The average Bonchev–Trinajstić information content (AvgIpc) is 2.53. The monoisotopic (exact) mass is 383 g/mol. The fraction of sp³-hybridized carbons (Fsp3) is 0.235. The van der Waals surface area contributed by atoms with Gasteiger partial charge in [0.1, 0.15) is 17.7 Å². The molecule has 1 atom stereocenters. The van der Waals surface area contributed by atoms with E-state index in [1.807, 2.05) is 36.5 Å². The van der Waals surface area contributed by atoms with Crippen molar-refractivity contribution < 1.29 is 18.9 Å². The van der Waals surface area contributed by atoms with Crippen LogP contribution in [-0.2, 0) is 4.79 Å². The van der Waals surface area contributed by atoms with E-state index in [-0.39, 0.29) is 24.2 Å². The molecule has 0 saturated carbocycles. The Labute approximate surface area is 142 Å². The summed E-state index contributed by atoms with van der Waals surface area (Å²) in [4.78, 5) is 11.9. The van der Waals surface area contributed by atoms with E-state index < -0.39 is 11.6 Å². The summed E-state index contributed by atoms with van der Waals surface area (Å²) in [7, 11) is 0. The van der Waals surface area contributed by atoms with Crippen LogP contribution in [-0.4, -0.2) is 12.5 Å². The number of carbonyl (C=O) groups is 1. The third-order valence-electron chi connectivity index (χ3n) is 3.53. The van der Waals surface area contributed by atoms with Crippen molar-refractivity contribution in [3.63, 3.8) is 0 Å². The molecule has 0 radical (unpaired) electrons. The van der Waals surface area contributed by atoms with Crippen LogP contribution in [0.2, 0.25) is 0 Å². The maximum absolute atomic E-state index is 13.5. The molecule has 0 aliphatic heterocycles. The van der Waals surface area contributed by atoms with Crippen LogP contribution in [0.15, 0.2) is 46.9 Å². The van der Waals surface area contributed by atoms with E-state index in [0.717, 1.165) is 34.7 Å². The highest BCUT2D eigenvalue weighted by molar-refractivity contribution is 9.10. The summed E-state index contributed by atoms with van der Waals surface area (Å²) in [5.41, 5.74) is 0.973. The van der Waals surface area contributed by atoms with Gasteiger partial charge in [-0.25, -0.2) is 8.78 Å². The van der Waals surface area contributed by atoms with Gasteiger partial charge in [0, 0.05) is 22.5 Å². The molecule has 0 aliphatic rings. The second-order valence-electron chi connectivity index (χ2n) is 5.18. The minimum atomic E-state index is -0.653. The van der Waals surface area contributed by atoms with E-state index in [0.29, 0.717) is 0 Å². The third kappa shape index (κ3) is 5.11. The Kier molecular flexibility index (Phi) is 6.24. The minimum Gasteiger partial charge on any atom is -0.332 e. The smallest absolute Gasteiger partial charge is 0.279 e. The van der Waals surface area contributed by atoms with Crippen LogP contribution in [0, 0.1) is 11.6 Å². The number of hydrogen-bond donors (Lipinski definition) is 2. The molecule has 0 saturated heterocycles. The van der Waals surface area contributed by atoms with Crippen molar-refractivity contribution in [2.45, 2.75) is 19.4 Å². The second-order valence-corrected chi connectivity index (χ2v) is 6.09. The number of anilines is 1. The normalized spacial score (nSPS) is 12.0. The van der Waals surface area contributed by atoms with Crippen LogP contribution in [0.25, 0.3) is 0 Å². The fourth-order valence-corrected chi connectivity index (χ4v) is 2.56. The van der Waals surface area contributed by atoms with Crippen LogP contribution in [0.3, 0.4) is 0 Å². The number of amides is 1. The molecule has 23 heavy (non-hydrogen) atoms. The molecule has 0 aromatic heterocycles. The van der Waals surface area contributed by atoms with Crippen molar-refractivity contribution in [1.29, 1.82) is 0 Å². The lowest BCUT2D eigenvalue weighted by Gasteiger charge is -2.14. The van der Waals surface area contributed by atoms with Crippen molar-refractivity contribution in [2.75, 3.05) is 11.9 Å². The van der Waals surface area contributed by atoms with E-state index in [1.54, 1.807) is 0 Å². The summed E-state index contributed by atoms with van der Waals surface area (Å²) in [6.45, 7) is 2.16. The molecule has 0 unspecified atom stereocenters. The Balaban J connectivity index is 1.94. The van der Waals surface area contributed by atoms with Gasteiger partial charge in [-0.3, -0.25) is 4.79 Å². The molecule has 6 heteroatoms. The molecule has 0 bridgehead atoms. The van der Waals surface area contributed by atoms with Gasteiger partial charge < -0.3 is 10.6 Å². The zero-order valence-corrected chi connectivity index (χ0v) is 14.2. The van der Waals surface area contributed by atoms with E-state index in [4.69, 9.17) is 0 Å². The number of benzene rings is 2. The molecule has 0 aliphatic carbocycles. The number of nitrogens with two attached hydrogens (primary N) is 1. The number of quaternary nitrogens is 1. The van der Waals surface area contributed by atoms with Crippen molar-refractivity contribution in [3.8, 4) is 0 Å². The lowest BCUT2D eigenvalue weighted by atomic mass is 10.0. The third-order valence-corrected chi connectivity index (χ3v) is 4.06. The zero-order chi connectivity index (χ0) is 16.8. The van der Waals surface area contributed by atoms with Crippen LogP contribution >= 0.6 is 15.9 Å². The molecule has 0 heterocycles. The highest BCUT2D eigenvalue weighted by Crippen LogP contribution is 2.17. The van der Waals surface area contributed by atoms with Gasteiger partial charge in [0.25, 0.3) is 5.91 Å². The maximum atomic E-state index is 13.5. The number of rotatable bonds is 6. The number of hydrogen-bond acceptors (Lipinski definition) is 1. The van der Waals surface area contributed by atoms with Gasteiger partial charge in [0.05, 0.1) is 5.69 Å². The van der Waals surface area contributed by atoms with Gasteiger partial charge in [-0.15, -0.1) is 0 Å². The van der Waals surface area contributed by atoms with Crippen molar-refractivity contribution in [3.05, 3.63) is 64.1 Å². The Bertz CT molecular complexity index is 677. The Hall–Kier alpha value is -1.79. The molecule has 3 nitrogen and oxygen atoms in total. The van der Waals surface area contributed by atoms with Gasteiger partial charge in [-0.05, 0) is 24.3 Å². The van der Waals surface area contributed by atoms with Crippen molar-refractivity contribution >= 4 is 27.5 Å². The first-order valence-corrected chi connectivity index (χ1v) is 8.12. The minimum absolute atomic E-state index is 0.129. The largest absolute Gasteiger partial charge is 0.332 e. The SMILES string of the molecule is CC[C@H]([NH2+]CC(=O)Nc1cc(F)ccc1F)c1ccc(Br)cc1. The lowest BCUT2D eigenvalue weighted by Crippen LogP contribution is -2.87. The molecule has 2 aromatic carbocycles. The summed E-state index contributed by atoms with van der Waals surface area (Å²) in [6.07, 6.45) is 0.850. The molecule has 0 spiro atoms. The number of nitrogens with one attached hydrogen (secondary N) is 1. The average molecular weight is 384 g/mol. The van der Waals surface area contributed by atoms with Gasteiger partial charge >= 0.3 is 0 Å². The summed E-state index contributed by atoms with van der Waals surface area (Å²) in [5, 5.41) is 4.28. The van der Waals surface area contributed by atoms with Crippen molar-refractivity contribution in [2.24, 2.45) is 0 Å². The highest BCUT2D eigenvalue weighted by atomic mass is 79.9. The molecule has 122 valence electrons. The molecular weight excluding hydrogens is 366 g/mol. The van der Waals surface area contributed by atoms with E-state index in [2.05, 4.69) is 21.2 Å². The lowest BCUT2D eigenvalue weighted by molar-refractivity contribution is -0.686. The Morgan fingerprint density at radius 2 is 1.91 bits per heavy atom. The predicted molar refractivity (Wildman–Crippen MR) is 89.0 cm³/mol. The van der Waals surface area contributed by atoms with Crippen LogP contribution in [0.1, 0.15) is 24.9 Å². The van der Waals surface area contributed by atoms with Gasteiger partial charge in [-0.1, -0.05) is 35.0 Å². The Morgan fingerprint density at radius 3 is 2.57 bits per heavy atom. The van der Waals surface area contributed by atoms with Gasteiger partial charge in [0.2, 0.25) is 0 Å². The summed E-state index contributed by atoms with van der Waals surface area (Å²) >= 11 is 3.39. The molecule has 2 rings (SSSR count). The van der Waals surface area contributed by atoms with Gasteiger partial charge in [-0.2, -0.15) is 0 Å². The van der Waals surface area contributed by atoms with E-state index in [9.17, 15) is 13.6 Å². The molecular formula is C17H18BrF2N2O+. The predicted octanol–water partition coefficient (Wildman–Crippen LogP) is 3.38. The zero-order valence-electron chi connectivity index (χ0n) is 12.7. The van der Waals surface area contributed by atoms with Crippen LogP contribution in [0.5, 0.6) is 0 Å². The summed E-state index contributed by atoms with van der Waals surface area (Å²) in [5.74, 6) is -1.61. The van der Waals surface area contributed by atoms with Crippen LogP contribution in [0.4, 0.5) is 14.5 Å². The van der Waals surface area contributed by atoms with Gasteiger partial charge in [0.15, 0.2) is 6.54 Å². The second kappa shape index (κ2) is 8.17. The standard InChI is InChI=1S/C17H17BrF2N2O/c1-2-15(11-3-5-12(18)6-4-11)21-10-17(23)22-16-9-13(19)7-8-14(16)20/h3-9,15,21H,2,10H2,1H3,(H,22,23)/p+1/t15-/m0/s1. The van der Waals surface area contributed by atoms with Crippen LogP contribution < -0.4 is 10.6 Å².